The lowest BCUT2D eigenvalue weighted by molar-refractivity contribution is 0.102. The van der Waals surface area contributed by atoms with E-state index in [0.717, 1.165) is 5.56 Å². The first-order valence-corrected chi connectivity index (χ1v) is 10.7. The highest BCUT2D eigenvalue weighted by Crippen LogP contribution is 2.23. The standard InChI is InChI=1S/C22H22N4O4S/c1-15-9-11-19(12-10-15)26(2)31(29,30)20-8-3-5-16(13-20)21(27)24-17-6-4-7-18(14-17)25-22(23)28/h3-14H,1-2H3,(H,24,27)(H3,23,25,28). The lowest BCUT2D eigenvalue weighted by Crippen LogP contribution is -2.26. The molecule has 0 saturated heterocycles. The van der Waals surface area contributed by atoms with Gasteiger partial charge in [0, 0.05) is 24.0 Å². The van der Waals surface area contributed by atoms with Crippen molar-refractivity contribution in [3.05, 3.63) is 83.9 Å². The molecule has 0 aliphatic heterocycles. The Morgan fingerprint density at radius 2 is 1.48 bits per heavy atom. The van der Waals surface area contributed by atoms with Gasteiger partial charge < -0.3 is 16.4 Å². The van der Waals surface area contributed by atoms with Crippen LogP contribution in [-0.4, -0.2) is 27.4 Å². The number of anilines is 3. The first-order valence-electron chi connectivity index (χ1n) is 9.30. The highest BCUT2D eigenvalue weighted by molar-refractivity contribution is 7.92. The lowest BCUT2D eigenvalue weighted by atomic mass is 10.2. The predicted octanol–water partition coefficient (Wildman–Crippen LogP) is 3.56. The van der Waals surface area contributed by atoms with E-state index in [1.54, 1.807) is 30.3 Å². The van der Waals surface area contributed by atoms with Crippen molar-refractivity contribution in [2.24, 2.45) is 5.73 Å². The first kappa shape index (κ1) is 21.8. The molecule has 0 spiro atoms. The molecule has 0 fully saturated rings. The van der Waals surface area contributed by atoms with Crippen molar-refractivity contribution in [2.75, 3.05) is 22.0 Å². The smallest absolute Gasteiger partial charge is 0.316 e. The van der Waals surface area contributed by atoms with Crippen LogP contribution in [0.25, 0.3) is 0 Å². The van der Waals surface area contributed by atoms with E-state index in [4.69, 9.17) is 5.73 Å². The normalized spacial score (nSPS) is 10.9. The van der Waals surface area contributed by atoms with Gasteiger partial charge in [0.05, 0.1) is 10.6 Å². The number of carbonyl (C=O) groups is 2. The zero-order valence-corrected chi connectivity index (χ0v) is 17.8. The number of carbonyl (C=O) groups excluding carboxylic acids is 2. The maximum atomic E-state index is 13.0. The van der Waals surface area contributed by atoms with Gasteiger partial charge in [-0.05, 0) is 55.5 Å². The summed E-state index contributed by atoms with van der Waals surface area (Å²) in [6.07, 6.45) is 0. The average molecular weight is 439 g/mol. The Hall–Kier alpha value is -3.85. The van der Waals surface area contributed by atoms with E-state index in [1.807, 2.05) is 19.1 Å². The fourth-order valence-corrected chi connectivity index (χ4v) is 4.11. The highest BCUT2D eigenvalue weighted by atomic mass is 32.2. The van der Waals surface area contributed by atoms with Crippen LogP contribution in [0, 0.1) is 6.92 Å². The van der Waals surface area contributed by atoms with Gasteiger partial charge in [0.1, 0.15) is 0 Å². The molecule has 3 aromatic rings. The van der Waals surface area contributed by atoms with Gasteiger partial charge in [-0.3, -0.25) is 9.10 Å². The number of benzene rings is 3. The summed E-state index contributed by atoms with van der Waals surface area (Å²) in [5.74, 6) is -0.494. The number of hydrogen-bond donors (Lipinski definition) is 3. The van der Waals surface area contributed by atoms with Gasteiger partial charge in [-0.2, -0.15) is 0 Å². The van der Waals surface area contributed by atoms with Crippen molar-refractivity contribution in [2.45, 2.75) is 11.8 Å². The SMILES string of the molecule is Cc1ccc(N(C)S(=O)(=O)c2cccc(C(=O)Nc3cccc(NC(N)=O)c3)c2)cc1. The van der Waals surface area contributed by atoms with Crippen molar-refractivity contribution < 1.29 is 18.0 Å². The molecular formula is C22H22N4O4S. The largest absolute Gasteiger partial charge is 0.351 e. The Labute approximate surface area is 180 Å². The third kappa shape index (κ3) is 5.20. The molecule has 0 aliphatic rings. The molecule has 160 valence electrons. The Balaban J connectivity index is 1.83. The maximum absolute atomic E-state index is 13.0. The van der Waals surface area contributed by atoms with Crippen molar-refractivity contribution in [3.63, 3.8) is 0 Å². The monoisotopic (exact) mass is 438 g/mol. The molecule has 0 aromatic heterocycles. The van der Waals surface area contributed by atoms with Gasteiger partial charge in [-0.1, -0.05) is 29.8 Å². The number of sulfonamides is 1. The minimum Gasteiger partial charge on any atom is -0.351 e. The summed E-state index contributed by atoms with van der Waals surface area (Å²) in [4.78, 5) is 23.7. The maximum Gasteiger partial charge on any atom is 0.316 e. The molecule has 3 rings (SSSR count). The number of rotatable bonds is 6. The van der Waals surface area contributed by atoms with E-state index in [1.165, 1.54) is 41.7 Å². The molecule has 3 amide bonds. The Bertz CT molecular complexity index is 1220. The number of aryl methyl sites for hydroxylation is 1. The molecule has 0 unspecified atom stereocenters. The van der Waals surface area contributed by atoms with Crippen LogP contribution in [0.15, 0.2) is 77.7 Å². The number of urea groups is 1. The van der Waals surface area contributed by atoms with Gasteiger partial charge in [-0.25, -0.2) is 13.2 Å². The minimum absolute atomic E-state index is 0.00706. The van der Waals surface area contributed by atoms with Crippen LogP contribution >= 0.6 is 0 Å². The summed E-state index contributed by atoms with van der Waals surface area (Å²) >= 11 is 0. The van der Waals surface area contributed by atoms with Crippen molar-refractivity contribution in [1.29, 1.82) is 0 Å². The van der Waals surface area contributed by atoms with Crippen molar-refractivity contribution in [1.82, 2.24) is 0 Å². The quantitative estimate of drug-likeness (QED) is 0.545. The molecule has 9 heteroatoms. The molecular weight excluding hydrogens is 416 g/mol. The summed E-state index contributed by atoms with van der Waals surface area (Å²) in [5.41, 5.74) is 7.64. The molecule has 31 heavy (non-hydrogen) atoms. The Kier molecular flexibility index (Phi) is 6.26. The van der Waals surface area contributed by atoms with Crippen LogP contribution < -0.4 is 20.7 Å². The number of nitrogens with one attached hydrogen (secondary N) is 2. The van der Waals surface area contributed by atoms with Crippen LogP contribution in [0.3, 0.4) is 0 Å². The van der Waals surface area contributed by atoms with Gasteiger partial charge in [-0.15, -0.1) is 0 Å². The van der Waals surface area contributed by atoms with Crippen LogP contribution in [0.4, 0.5) is 21.9 Å². The topological polar surface area (TPSA) is 122 Å². The zero-order chi connectivity index (χ0) is 22.6. The third-order valence-corrected chi connectivity index (χ3v) is 6.32. The minimum atomic E-state index is -3.86. The van der Waals surface area contributed by atoms with Crippen molar-refractivity contribution >= 4 is 39.0 Å². The van der Waals surface area contributed by atoms with E-state index in [0.29, 0.717) is 17.1 Å². The van der Waals surface area contributed by atoms with Crippen LogP contribution in [0.5, 0.6) is 0 Å². The number of amides is 3. The van der Waals surface area contributed by atoms with Gasteiger partial charge in [0.2, 0.25) is 0 Å². The number of hydrogen-bond acceptors (Lipinski definition) is 4. The van der Waals surface area contributed by atoms with Crippen LogP contribution in [0.1, 0.15) is 15.9 Å². The summed E-state index contributed by atoms with van der Waals surface area (Å²) in [7, 11) is -2.40. The van der Waals surface area contributed by atoms with Crippen LogP contribution in [-0.2, 0) is 10.0 Å². The van der Waals surface area contributed by atoms with Crippen molar-refractivity contribution in [3.8, 4) is 0 Å². The second-order valence-corrected chi connectivity index (χ2v) is 8.83. The molecule has 8 nitrogen and oxygen atoms in total. The van der Waals surface area contributed by atoms with E-state index in [9.17, 15) is 18.0 Å². The number of nitrogens with zero attached hydrogens (tertiary/aromatic N) is 1. The van der Waals surface area contributed by atoms with E-state index in [-0.39, 0.29) is 10.5 Å². The van der Waals surface area contributed by atoms with Gasteiger partial charge in [0.15, 0.2) is 0 Å². The molecule has 0 saturated carbocycles. The summed E-state index contributed by atoms with van der Waals surface area (Å²) in [5, 5.41) is 5.10. The third-order valence-electron chi connectivity index (χ3n) is 4.54. The fraction of sp³-hybridized carbons (Fsp3) is 0.0909. The lowest BCUT2D eigenvalue weighted by Gasteiger charge is -2.20. The molecule has 0 atom stereocenters. The Morgan fingerprint density at radius 3 is 2.13 bits per heavy atom. The summed E-state index contributed by atoms with van der Waals surface area (Å²) < 4.78 is 27.2. The number of primary amides is 1. The molecule has 4 N–H and O–H groups in total. The second-order valence-electron chi connectivity index (χ2n) is 6.86. The van der Waals surface area contributed by atoms with E-state index < -0.39 is 22.0 Å². The van der Waals surface area contributed by atoms with E-state index in [2.05, 4.69) is 10.6 Å². The highest BCUT2D eigenvalue weighted by Gasteiger charge is 2.22. The van der Waals surface area contributed by atoms with Gasteiger partial charge >= 0.3 is 6.03 Å². The zero-order valence-electron chi connectivity index (χ0n) is 17.0. The summed E-state index contributed by atoms with van der Waals surface area (Å²) in [6.45, 7) is 1.92. The Morgan fingerprint density at radius 1 is 0.871 bits per heavy atom. The van der Waals surface area contributed by atoms with Crippen LogP contribution in [0.2, 0.25) is 0 Å². The first-order chi connectivity index (χ1) is 14.7. The molecule has 0 bridgehead atoms. The molecule has 0 radical (unpaired) electrons. The predicted molar refractivity (Wildman–Crippen MR) is 121 cm³/mol. The van der Waals surface area contributed by atoms with Gasteiger partial charge in [0.25, 0.3) is 15.9 Å². The molecule has 0 aliphatic carbocycles. The molecule has 3 aromatic carbocycles. The van der Waals surface area contributed by atoms with E-state index >= 15 is 0 Å². The number of nitrogens with two attached hydrogens (primary N) is 1. The fourth-order valence-electron chi connectivity index (χ4n) is 2.87. The summed E-state index contributed by atoms with van der Waals surface area (Å²) in [6, 6.07) is 18.6. The second kappa shape index (κ2) is 8.88. The molecule has 0 heterocycles. The average Bonchev–Trinajstić information content (AvgIpc) is 2.73.